The van der Waals surface area contributed by atoms with Crippen molar-refractivity contribution >= 4 is 5.91 Å². The maximum atomic E-state index is 12.2. The van der Waals surface area contributed by atoms with Gasteiger partial charge in [0.15, 0.2) is 0 Å². The maximum Gasteiger partial charge on any atom is 0.237 e. The second kappa shape index (κ2) is 6.49. The molecule has 6 nitrogen and oxygen atoms in total. The molecule has 0 saturated heterocycles. The Kier molecular flexibility index (Phi) is 4.25. The molecule has 1 aromatic heterocycles. The highest BCUT2D eigenvalue weighted by atomic mass is 16.2. The first-order valence-corrected chi connectivity index (χ1v) is 7.25. The predicted octanol–water partition coefficient (Wildman–Crippen LogP) is 0.499. The average molecular weight is 285 g/mol. The van der Waals surface area contributed by atoms with Crippen LogP contribution in [0.2, 0.25) is 0 Å². The number of hydrogen-bond donors (Lipinski definition) is 2. The van der Waals surface area contributed by atoms with Crippen molar-refractivity contribution in [3.63, 3.8) is 0 Å². The van der Waals surface area contributed by atoms with E-state index in [1.807, 2.05) is 18.3 Å². The predicted molar refractivity (Wildman–Crippen MR) is 78.4 cm³/mol. The molecule has 110 valence electrons. The molecule has 1 amide bonds. The van der Waals surface area contributed by atoms with Crippen LogP contribution in [-0.2, 0) is 24.3 Å². The molecule has 2 aromatic rings. The molecule has 0 aliphatic carbocycles. The number of hydrogen-bond acceptors (Lipinski definition) is 4. The van der Waals surface area contributed by atoms with Crippen molar-refractivity contribution in [3.8, 4) is 0 Å². The summed E-state index contributed by atoms with van der Waals surface area (Å²) in [4.78, 5) is 12.2. The van der Waals surface area contributed by atoms with Crippen molar-refractivity contribution in [2.24, 2.45) is 0 Å². The Morgan fingerprint density at radius 2 is 2.24 bits per heavy atom. The summed E-state index contributed by atoms with van der Waals surface area (Å²) in [5, 5.41) is 13.9. The van der Waals surface area contributed by atoms with Gasteiger partial charge in [-0.2, -0.15) is 0 Å². The molecule has 1 aliphatic heterocycles. The molecule has 0 saturated carbocycles. The first kappa shape index (κ1) is 13.8. The largest absolute Gasteiger partial charge is 0.355 e. The summed E-state index contributed by atoms with van der Waals surface area (Å²) in [5.41, 5.74) is 2.55. The number of nitrogens with zero attached hydrogens (tertiary/aromatic N) is 3. The summed E-state index contributed by atoms with van der Waals surface area (Å²) in [6.45, 7) is 2.17. The minimum Gasteiger partial charge on any atom is -0.355 e. The normalized spacial score (nSPS) is 17.2. The number of benzene rings is 1. The minimum atomic E-state index is -0.133. The van der Waals surface area contributed by atoms with E-state index in [0.717, 1.165) is 25.9 Å². The van der Waals surface area contributed by atoms with Crippen LogP contribution in [0.3, 0.4) is 0 Å². The van der Waals surface area contributed by atoms with E-state index in [1.165, 1.54) is 11.1 Å². The van der Waals surface area contributed by atoms with Crippen LogP contribution in [0.25, 0.3) is 0 Å². The molecule has 6 heteroatoms. The smallest absolute Gasteiger partial charge is 0.237 e. The van der Waals surface area contributed by atoms with E-state index >= 15 is 0 Å². The van der Waals surface area contributed by atoms with Gasteiger partial charge in [0.1, 0.15) is 0 Å². The molecule has 2 heterocycles. The summed E-state index contributed by atoms with van der Waals surface area (Å²) in [5.74, 6) is 0.0723. The molecule has 0 bridgehead atoms. The number of carbonyl (C=O) groups excluding carboxylic acids is 1. The third-order valence-corrected chi connectivity index (χ3v) is 3.73. The van der Waals surface area contributed by atoms with E-state index in [9.17, 15) is 4.79 Å². The summed E-state index contributed by atoms with van der Waals surface area (Å²) < 4.78 is 1.77. The molecule has 1 aliphatic rings. The summed E-state index contributed by atoms with van der Waals surface area (Å²) in [6, 6.07) is 8.13. The van der Waals surface area contributed by atoms with Crippen molar-refractivity contribution in [2.75, 3.05) is 6.54 Å². The number of amides is 1. The fourth-order valence-corrected chi connectivity index (χ4v) is 2.57. The van der Waals surface area contributed by atoms with Crippen LogP contribution in [0, 0.1) is 0 Å². The number of aryl methyl sites for hydroxylation is 1. The molecule has 21 heavy (non-hydrogen) atoms. The van der Waals surface area contributed by atoms with Gasteiger partial charge < -0.3 is 10.6 Å². The topological polar surface area (TPSA) is 71.8 Å². The van der Waals surface area contributed by atoms with E-state index in [-0.39, 0.29) is 11.9 Å². The quantitative estimate of drug-likeness (QED) is 0.785. The summed E-state index contributed by atoms with van der Waals surface area (Å²) in [7, 11) is 0. The second-order valence-electron chi connectivity index (χ2n) is 5.22. The van der Waals surface area contributed by atoms with Crippen molar-refractivity contribution in [1.82, 2.24) is 25.6 Å². The average Bonchev–Trinajstić information content (AvgIpc) is 3.04. The highest BCUT2D eigenvalue weighted by Crippen LogP contribution is 2.16. The fourth-order valence-electron chi connectivity index (χ4n) is 2.57. The standard InChI is InChI=1S/C15H19N5O/c21-15(16-6-3-8-20-9-7-18-19-20)14-10-12-4-1-2-5-13(12)11-17-14/h1-2,4-5,7,9,14,17H,3,6,8,10-11H2,(H,16,21)/t14-/m1/s1. The van der Waals surface area contributed by atoms with E-state index in [1.54, 1.807) is 10.9 Å². The molecule has 1 atom stereocenters. The number of fused-ring (bicyclic) bond motifs is 1. The van der Waals surface area contributed by atoms with Crippen LogP contribution >= 0.6 is 0 Å². The SMILES string of the molecule is O=C(NCCCn1ccnn1)[C@H]1Cc2ccccc2CN1. The Morgan fingerprint density at radius 1 is 1.38 bits per heavy atom. The van der Waals surface area contributed by atoms with E-state index in [2.05, 4.69) is 33.1 Å². The van der Waals surface area contributed by atoms with Crippen molar-refractivity contribution < 1.29 is 4.79 Å². The first-order chi connectivity index (χ1) is 10.3. The van der Waals surface area contributed by atoms with Crippen LogP contribution in [0.1, 0.15) is 17.5 Å². The number of aromatic nitrogens is 3. The molecule has 0 radical (unpaired) electrons. The van der Waals surface area contributed by atoms with Crippen LogP contribution < -0.4 is 10.6 Å². The zero-order valence-electron chi connectivity index (χ0n) is 11.8. The number of carbonyl (C=O) groups is 1. The van der Waals surface area contributed by atoms with Gasteiger partial charge in [0.05, 0.1) is 12.2 Å². The zero-order valence-corrected chi connectivity index (χ0v) is 11.8. The molecular formula is C15H19N5O. The second-order valence-corrected chi connectivity index (χ2v) is 5.22. The van der Waals surface area contributed by atoms with E-state index < -0.39 is 0 Å². The molecule has 0 spiro atoms. The van der Waals surface area contributed by atoms with Crippen LogP contribution in [-0.4, -0.2) is 33.5 Å². The maximum absolute atomic E-state index is 12.2. The molecule has 0 fully saturated rings. The fraction of sp³-hybridized carbons (Fsp3) is 0.400. The van der Waals surface area contributed by atoms with Gasteiger partial charge in [-0.1, -0.05) is 29.5 Å². The molecule has 1 aromatic carbocycles. The zero-order chi connectivity index (χ0) is 14.5. The van der Waals surface area contributed by atoms with Crippen molar-refractivity contribution in [1.29, 1.82) is 0 Å². The van der Waals surface area contributed by atoms with E-state index in [4.69, 9.17) is 0 Å². The van der Waals surface area contributed by atoms with Gasteiger partial charge in [0, 0.05) is 25.8 Å². The molecular weight excluding hydrogens is 266 g/mol. The Labute approximate surface area is 123 Å². The van der Waals surface area contributed by atoms with Gasteiger partial charge in [-0.3, -0.25) is 9.48 Å². The van der Waals surface area contributed by atoms with Gasteiger partial charge in [-0.25, -0.2) is 0 Å². The van der Waals surface area contributed by atoms with Crippen LogP contribution in [0.5, 0.6) is 0 Å². The van der Waals surface area contributed by atoms with Gasteiger partial charge in [0.2, 0.25) is 5.91 Å². The summed E-state index contributed by atoms with van der Waals surface area (Å²) >= 11 is 0. The Hall–Kier alpha value is -2.21. The van der Waals surface area contributed by atoms with Gasteiger partial charge >= 0.3 is 0 Å². The molecule has 2 N–H and O–H groups in total. The molecule has 3 rings (SSSR count). The highest BCUT2D eigenvalue weighted by Gasteiger charge is 2.23. The van der Waals surface area contributed by atoms with Gasteiger partial charge in [0.25, 0.3) is 0 Å². The van der Waals surface area contributed by atoms with Gasteiger partial charge in [-0.05, 0) is 24.0 Å². The van der Waals surface area contributed by atoms with Crippen LogP contribution in [0.4, 0.5) is 0 Å². The lowest BCUT2D eigenvalue weighted by atomic mass is 9.95. The Balaban J connectivity index is 1.44. The minimum absolute atomic E-state index is 0.0723. The van der Waals surface area contributed by atoms with Crippen molar-refractivity contribution in [3.05, 3.63) is 47.8 Å². The third kappa shape index (κ3) is 3.46. The lowest BCUT2D eigenvalue weighted by Gasteiger charge is -2.25. The lowest BCUT2D eigenvalue weighted by Crippen LogP contribution is -2.47. The van der Waals surface area contributed by atoms with Gasteiger partial charge in [-0.15, -0.1) is 5.10 Å². The van der Waals surface area contributed by atoms with Crippen LogP contribution in [0.15, 0.2) is 36.7 Å². The van der Waals surface area contributed by atoms with Crippen molar-refractivity contribution in [2.45, 2.75) is 32.0 Å². The summed E-state index contributed by atoms with van der Waals surface area (Å²) in [6.07, 6.45) is 5.08. The molecule has 0 unspecified atom stereocenters. The highest BCUT2D eigenvalue weighted by molar-refractivity contribution is 5.82. The Bertz CT molecular complexity index is 596. The Morgan fingerprint density at radius 3 is 3.05 bits per heavy atom. The number of rotatable bonds is 5. The first-order valence-electron chi connectivity index (χ1n) is 7.25. The lowest BCUT2D eigenvalue weighted by molar-refractivity contribution is -0.123. The van der Waals surface area contributed by atoms with E-state index in [0.29, 0.717) is 6.54 Å². The number of nitrogens with one attached hydrogen (secondary N) is 2. The monoisotopic (exact) mass is 285 g/mol. The third-order valence-electron chi connectivity index (χ3n) is 3.73.